The maximum absolute atomic E-state index is 12.2. The summed E-state index contributed by atoms with van der Waals surface area (Å²) in [6, 6.07) is 1.76. The van der Waals surface area contributed by atoms with Gasteiger partial charge in [0.05, 0.1) is 17.4 Å². The molecule has 2 fully saturated rings. The number of pyridine rings is 1. The lowest BCUT2D eigenvalue weighted by molar-refractivity contribution is 0.0943. The Labute approximate surface area is 107 Å². The fourth-order valence-electron chi connectivity index (χ4n) is 2.73. The largest absolute Gasteiger partial charge is 0.386 e. The lowest BCUT2D eigenvalue weighted by Gasteiger charge is -2.15. The number of anilines is 1. The summed E-state index contributed by atoms with van der Waals surface area (Å²) in [5, 5.41) is 6.09. The van der Waals surface area contributed by atoms with E-state index in [1.54, 1.807) is 25.5 Å². The maximum Gasteiger partial charge on any atom is 0.253 e. The highest BCUT2D eigenvalue weighted by Gasteiger charge is 2.53. The molecule has 0 atom stereocenters. The zero-order valence-corrected chi connectivity index (χ0v) is 10.7. The molecule has 0 aromatic carbocycles. The molecule has 2 saturated carbocycles. The van der Waals surface area contributed by atoms with Crippen LogP contribution in [0, 0.1) is 11.3 Å². The molecule has 2 aliphatic carbocycles. The first kappa shape index (κ1) is 11.5. The highest BCUT2D eigenvalue weighted by atomic mass is 16.1. The molecule has 1 heterocycles. The summed E-state index contributed by atoms with van der Waals surface area (Å²) in [5.74, 6) is 0.882. The van der Waals surface area contributed by atoms with Gasteiger partial charge < -0.3 is 10.6 Å². The van der Waals surface area contributed by atoms with Gasteiger partial charge in [0, 0.05) is 19.8 Å². The monoisotopic (exact) mass is 245 g/mol. The number of amides is 1. The first-order valence-electron chi connectivity index (χ1n) is 6.65. The zero-order valence-electron chi connectivity index (χ0n) is 10.7. The fourth-order valence-corrected chi connectivity index (χ4v) is 2.73. The average Bonchev–Trinajstić information content (AvgIpc) is 3.28. The normalized spacial score (nSPS) is 20.3. The van der Waals surface area contributed by atoms with Gasteiger partial charge in [0.2, 0.25) is 0 Å². The Kier molecular flexibility index (Phi) is 2.73. The minimum absolute atomic E-state index is 0.00803. The molecule has 4 nitrogen and oxygen atoms in total. The van der Waals surface area contributed by atoms with Crippen LogP contribution in [-0.2, 0) is 0 Å². The van der Waals surface area contributed by atoms with Crippen LogP contribution in [0.15, 0.2) is 18.5 Å². The van der Waals surface area contributed by atoms with Gasteiger partial charge >= 0.3 is 0 Å². The molecule has 18 heavy (non-hydrogen) atoms. The predicted octanol–water partition coefficient (Wildman–Crippen LogP) is 2.04. The molecular formula is C14H19N3O. The van der Waals surface area contributed by atoms with Crippen molar-refractivity contribution in [3.63, 3.8) is 0 Å². The SMILES string of the molecule is CNc1cnccc1C(=O)NCC1(C2CC2)CC1. The molecule has 2 aliphatic rings. The van der Waals surface area contributed by atoms with Gasteiger partial charge in [-0.25, -0.2) is 0 Å². The van der Waals surface area contributed by atoms with E-state index in [1.807, 2.05) is 0 Å². The molecule has 0 aliphatic heterocycles. The summed E-state index contributed by atoms with van der Waals surface area (Å²) in [5.41, 5.74) is 1.91. The molecule has 4 heteroatoms. The molecule has 0 saturated heterocycles. The maximum atomic E-state index is 12.2. The number of nitrogens with zero attached hydrogens (tertiary/aromatic N) is 1. The van der Waals surface area contributed by atoms with Gasteiger partial charge in [-0.05, 0) is 43.1 Å². The third kappa shape index (κ3) is 2.07. The molecule has 1 aromatic rings. The van der Waals surface area contributed by atoms with Gasteiger partial charge in [-0.15, -0.1) is 0 Å². The van der Waals surface area contributed by atoms with Crippen molar-refractivity contribution in [2.75, 3.05) is 18.9 Å². The number of nitrogens with one attached hydrogen (secondary N) is 2. The summed E-state index contributed by atoms with van der Waals surface area (Å²) in [6.07, 6.45) is 8.62. The topological polar surface area (TPSA) is 54.0 Å². The second-order valence-electron chi connectivity index (χ2n) is 5.49. The fraction of sp³-hybridized carbons (Fsp3) is 0.571. The Morgan fingerprint density at radius 3 is 2.89 bits per heavy atom. The Bertz CT molecular complexity index is 464. The first-order chi connectivity index (χ1) is 8.75. The van der Waals surface area contributed by atoms with Crippen molar-refractivity contribution in [1.29, 1.82) is 0 Å². The van der Waals surface area contributed by atoms with Crippen LogP contribution in [0.4, 0.5) is 5.69 Å². The summed E-state index contributed by atoms with van der Waals surface area (Å²) in [4.78, 5) is 16.2. The molecule has 1 amide bonds. The lowest BCUT2D eigenvalue weighted by Crippen LogP contribution is -2.31. The summed E-state index contributed by atoms with van der Waals surface area (Å²) >= 11 is 0. The van der Waals surface area contributed by atoms with Crippen LogP contribution >= 0.6 is 0 Å². The number of hydrogen-bond donors (Lipinski definition) is 2. The van der Waals surface area contributed by atoms with E-state index in [9.17, 15) is 4.79 Å². The molecule has 3 rings (SSSR count). The predicted molar refractivity (Wildman–Crippen MR) is 70.5 cm³/mol. The minimum atomic E-state index is 0.00803. The Morgan fingerprint density at radius 1 is 1.50 bits per heavy atom. The van der Waals surface area contributed by atoms with Crippen LogP contribution in [0.5, 0.6) is 0 Å². The smallest absolute Gasteiger partial charge is 0.253 e. The quantitative estimate of drug-likeness (QED) is 0.834. The van der Waals surface area contributed by atoms with E-state index < -0.39 is 0 Å². The average molecular weight is 245 g/mol. The number of rotatable bonds is 5. The van der Waals surface area contributed by atoms with E-state index in [0.717, 1.165) is 18.2 Å². The lowest BCUT2D eigenvalue weighted by atomic mass is 10.0. The minimum Gasteiger partial charge on any atom is -0.386 e. The van der Waals surface area contributed by atoms with Gasteiger partial charge in [-0.3, -0.25) is 9.78 Å². The highest BCUT2D eigenvalue weighted by Crippen LogP contribution is 2.60. The molecule has 96 valence electrons. The summed E-state index contributed by atoms with van der Waals surface area (Å²) in [7, 11) is 1.81. The van der Waals surface area contributed by atoms with Crippen molar-refractivity contribution in [2.45, 2.75) is 25.7 Å². The standard InChI is InChI=1S/C14H19N3O/c1-15-12-8-16-7-4-11(12)13(18)17-9-14(5-6-14)10-2-3-10/h4,7-8,10,15H,2-3,5-6,9H2,1H3,(H,17,18). The van der Waals surface area contributed by atoms with Crippen LogP contribution in [0.2, 0.25) is 0 Å². The third-order valence-electron chi connectivity index (χ3n) is 4.27. The molecule has 0 bridgehead atoms. The second kappa shape index (κ2) is 4.26. The van der Waals surface area contributed by atoms with E-state index in [1.165, 1.54) is 25.7 Å². The summed E-state index contributed by atoms with van der Waals surface area (Å²) in [6.45, 7) is 0.835. The van der Waals surface area contributed by atoms with E-state index in [-0.39, 0.29) is 5.91 Å². The van der Waals surface area contributed by atoms with Gasteiger partial charge in [-0.1, -0.05) is 0 Å². The van der Waals surface area contributed by atoms with Crippen molar-refractivity contribution in [3.8, 4) is 0 Å². The van der Waals surface area contributed by atoms with E-state index in [4.69, 9.17) is 0 Å². The van der Waals surface area contributed by atoms with E-state index in [0.29, 0.717) is 11.0 Å². The van der Waals surface area contributed by atoms with Crippen molar-refractivity contribution in [3.05, 3.63) is 24.0 Å². The van der Waals surface area contributed by atoms with Crippen LogP contribution in [0.25, 0.3) is 0 Å². The third-order valence-corrected chi connectivity index (χ3v) is 4.27. The van der Waals surface area contributed by atoms with E-state index >= 15 is 0 Å². The van der Waals surface area contributed by atoms with Crippen molar-refractivity contribution >= 4 is 11.6 Å². The van der Waals surface area contributed by atoms with Gasteiger partial charge in [-0.2, -0.15) is 0 Å². The number of aromatic nitrogens is 1. The molecule has 0 spiro atoms. The highest BCUT2D eigenvalue weighted by molar-refractivity contribution is 5.99. The summed E-state index contributed by atoms with van der Waals surface area (Å²) < 4.78 is 0. The Balaban J connectivity index is 1.64. The second-order valence-corrected chi connectivity index (χ2v) is 5.49. The van der Waals surface area contributed by atoms with Crippen LogP contribution in [-0.4, -0.2) is 24.5 Å². The molecular weight excluding hydrogens is 226 g/mol. The van der Waals surface area contributed by atoms with Crippen LogP contribution in [0.1, 0.15) is 36.0 Å². The van der Waals surface area contributed by atoms with Gasteiger partial charge in [0.15, 0.2) is 0 Å². The van der Waals surface area contributed by atoms with Crippen LogP contribution < -0.4 is 10.6 Å². The Hall–Kier alpha value is -1.58. The van der Waals surface area contributed by atoms with Crippen molar-refractivity contribution in [1.82, 2.24) is 10.3 Å². The van der Waals surface area contributed by atoms with Crippen LogP contribution in [0.3, 0.4) is 0 Å². The number of carbonyl (C=O) groups excluding carboxylic acids is 1. The van der Waals surface area contributed by atoms with Crippen molar-refractivity contribution in [2.24, 2.45) is 11.3 Å². The van der Waals surface area contributed by atoms with Gasteiger partial charge in [0.25, 0.3) is 5.91 Å². The molecule has 1 aromatic heterocycles. The molecule has 2 N–H and O–H groups in total. The van der Waals surface area contributed by atoms with Gasteiger partial charge in [0.1, 0.15) is 0 Å². The van der Waals surface area contributed by atoms with Crippen molar-refractivity contribution < 1.29 is 4.79 Å². The Morgan fingerprint density at radius 2 is 2.28 bits per heavy atom. The van der Waals surface area contributed by atoms with E-state index in [2.05, 4.69) is 15.6 Å². The molecule has 0 radical (unpaired) electrons. The number of hydrogen-bond acceptors (Lipinski definition) is 3. The zero-order chi connectivity index (χ0) is 12.6. The number of carbonyl (C=O) groups is 1. The molecule has 0 unspecified atom stereocenters. The first-order valence-corrected chi connectivity index (χ1v) is 6.65.